The normalized spacial score (nSPS) is 14.5. The van der Waals surface area contributed by atoms with Crippen LogP contribution in [0.15, 0.2) is 79.0 Å². The summed E-state index contributed by atoms with van der Waals surface area (Å²) in [7, 11) is 0. The van der Waals surface area contributed by atoms with E-state index in [9.17, 15) is 4.79 Å². The first-order valence-corrected chi connectivity index (χ1v) is 11.5. The molecule has 7 nitrogen and oxygen atoms in total. The molecule has 1 amide bonds. The van der Waals surface area contributed by atoms with Crippen LogP contribution in [-0.2, 0) is 11.4 Å². The number of rotatable bonds is 6. The van der Waals surface area contributed by atoms with E-state index in [4.69, 9.17) is 9.72 Å². The lowest BCUT2D eigenvalue weighted by atomic mass is 10.2. The van der Waals surface area contributed by atoms with Gasteiger partial charge in [0, 0.05) is 38.5 Å². The van der Waals surface area contributed by atoms with E-state index in [0.29, 0.717) is 13.2 Å². The Balaban J connectivity index is 1.14. The Morgan fingerprint density at radius 1 is 0.971 bits per heavy atom. The van der Waals surface area contributed by atoms with Gasteiger partial charge in [-0.25, -0.2) is 4.98 Å². The van der Waals surface area contributed by atoms with E-state index in [0.717, 1.165) is 60.0 Å². The molecule has 34 heavy (non-hydrogen) atoms. The number of aromatic nitrogens is 3. The second-order valence-corrected chi connectivity index (χ2v) is 8.26. The summed E-state index contributed by atoms with van der Waals surface area (Å²) in [4.78, 5) is 29.3. The number of fused-ring (bicyclic) bond motifs is 1. The van der Waals surface area contributed by atoms with E-state index < -0.39 is 0 Å². The number of aromatic amines is 1. The van der Waals surface area contributed by atoms with Crippen LogP contribution in [0, 0.1) is 0 Å². The molecular weight excluding hydrogens is 426 g/mol. The predicted molar refractivity (Wildman–Crippen MR) is 134 cm³/mol. The first kappa shape index (κ1) is 21.7. The Hall–Kier alpha value is -4.13. The number of pyridine rings is 1. The molecule has 7 heteroatoms. The van der Waals surface area contributed by atoms with Gasteiger partial charge >= 0.3 is 0 Å². The number of imidazole rings is 1. The minimum Gasteiger partial charge on any atom is -0.487 e. The van der Waals surface area contributed by atoms with Crippen molar-refractivity contribution in [1.29, 1.82) is 0 Å². The molecule has 3 heterocycles. The van der Waals surface area contributed by atoms with Gasteiger partial charge in [-0.1, -0.05) is 30.3 Å². The van der Waals surface area contributed by atoms with Gasteiger partial charge in [-0.3, -0.25) is 9.78 Å². The topological polar surface area (TPSA) is 74.3 Å². The molecule has 4 aromatic rings. The van der Waals surface area contributed by atoms with Crippen molar-refractivity contribution in [1.82, 2.24) is 19.9 Å². The fourth-order valence-electron chi connectivity index (χ4n) is 4.03. The molecule has 1 aliphatic rings. The zero-order valence-corrected chi connectivity index (χ0v) is 18.9. The zero-order chi connectivity index (χ0) is 23.2. The van der Waals surface area contributed by atoms with Crippen LogP contribution in [0.4, 0.5) is 5.95 Å². The molecule has 172 valence electrons. The van der Waals surface area contributed by atoms with Gasteiger partial charge in [-0.05, 0) is 54.5 Å². The lowest BCUT2D eigenvalue weighted by Gasteiger charge is -2.20. The summed E-state index contributed by atoms with van der Waals surface area (Å²) in [5.74, 6) is 1.67. The van der Waals surface area contributed by atoms with E-state index in [1.807, 2.05) is 77.7 Å². The Morgan fingerprint density at radius 2 is 1.82 bits per heavy atom. The molecule has 1 fully saturated rings. The summed E-state index contributed by atoms with van der Waals surface area (Å²) in [5.41, 5.74) is 3.84. The molecule has 0 atom stereocenters. The third-order valence-corrected chi connectivity index (χ3v) is 5.90. The molecular formula is C27H27N5O2. The molecule has 2 aromatic carbocycles. The van der Waals surface area contributed by atoms with Crippen molar-refractivity contribution in [3.63, 3.8) is 0 Å². The second kappa shape index (κ2) is 10.2. The van der Waals surface area contributed by atoms with Crippen LogP contribution >= 0.6 is 0 Å². The number of amides is 1. The number of nitrogens with zero attached hydrogens (tertiary/aromatic N) is 4. The first-order chi connectivity index (χ1) is 16.7. The van der Waals surface area contributed by atoms with E-state index in [1.165, 1.54) is 0 Å². The Bertz CT molecular complexity index is 1230. The number of H-pyrrole nitrogens is 1. The quantitative estimate of drug-likeness (QED) is 0.441. The van der Waals surface area contributed by atoms with Gasteiger partial charge in [0.05, 0.1) is 16.7 Å². The molecule has 1 N–H and O–H groups in total. The monoisotopic (exact) mass is 453 g/mol. The number of anilines is 1. The predicted octanol–water partition coefficient (Wildman–Crippen LogP) is 4.29. The lowest BCUT2D eigenvalue weighted by Crippen LogP contribution is -2.34. The van der Waals surface area contributed by atoms with Crippen molar-refractivity contribution in [3.8, 4) is 5.75 Å². The average molecular weight is 454 g/mol. The van der Waals surface area contributed by atoms with Gasteiger partial charge in [-0.2, -0.15) is 0 Å². The molecule has 0 aliphatic carbocycles. The van der Waals surface area contributed by atoms with E-state index in [1.54, 1.807) is 12.3 Å². The number of nitrogens with one attached hydrogen (secondary N) is 1. The maximum Gasteiger partial charge on any atom is 0.246 e. The van der Waals surface area contributed by atoms with Crippen molar-refractivity contribution < 1.29 is 9.53 Å². The SMILES string of the molecule is O=C(/C=C/c1ccc(OCc2ccccn2)cc1)N1CCCN(c2nc3ccccc3[nH]2)CC1. The van der Waals surface area contributed by atoms with Crippen molar-refractivity contribution in [2.45, 2.75) is 13.0 Å². The molecule has 0 radical (unpaired) electrons. The number of benzene rings is 2. The van der Waals surface area contributed by atoms with Crippen LogP contribution in [0.3, 0.4) is 0 Å². The van der Waals surface area contributed by atoms with Crippen molar-refractivity contribution in [3.05, 3.63) is 90.3 Å². The minimum atomic E-state index is 0.0296. The summed E-state index contributed by atoms with van der Waals surface area (Å²) in [6, 6.07) is 21.5. The minimum absolute atomic E-state index is 0.0296. The van der Waals surface area contributed by atoms with Crippen LogP contribution in [0.2, 0.25) is 0 Å². The van der Waals surface area contributed by atoms with Crippen LogP contribution in [0.5, 0.6) is 5.75 Å². The molecule has 0 spiro atoms. The Kier molecular flexibility index (Phi) is 6.52. The molecule has 5 rings (SSSR count). The fraction of sp³-hybridized carbons (Fsp3) is 0.222. The third-order valence-electron chi connectivity index (χ3n) is 5.90. The Labute approximate surface area is 198 Å². The number of para-hydroxylation sites is 2. The van der Waals surface area contributed by atoms with E-state index in [2.05, 4.69) is 14.9 Å². The van der Waals surface area contributed by atoms with E-state index >= 15 is 0 Å². The average Bonchev–Trinajstić information content (AvgIpc) is 3.16. The van der Waals surface area contributed by atoms with Gasteiger partial charge in [0.1, 0.15) is 12.4 Å². The van der Waals surface area contributed by atoms with Crippen LogP contribution in [0.1, 0.15) is 17.7 Å². The highest BCUT2D eigenvalue weighted by molar-refractivity contribution is 5.91. The van der Waals surface area contributed by atoms with Crippen LogP contribution in [0.25, 0.3) is 17.1 Å². The summed E-state index contributed by atoms with van der Waals surface area (Å²) in [6.45, 7) is 3.45. The zero-order valence-electron chi connectivity index (χ0n) is 18.9. The van der Waals surface area contributed by atoms with Crippen molar-refractivity contribution >= 4 is 29.0 Å². The molecule has 2 aromatic heterocycles. The van der Waals surface area contributed by atoms with Crippen molar-refractivity contribution in [2.24, 2.45) is 0 Å². The highest BCUT2D eigenvalue weighted by Crippen LogP contribution is 2.19. The molecule has 1 saturated heterocycles. The standard InChI is InChI=1S/C27H27N5O2/c33-26(14-11-21-9-12-23(13-10-21)34-20-22-6-3-4-15-28-22)31-16-5-17-32(19-18-31)27-29-24-7-1-2-8-25(24)30-27/h1-4,6-15H,5,16-20H2,(H,29,30)/b14-11+. The number of ether oxygens (including phenoxy) is 1. The largest absolute Gasteiger partial charge is 0.487 e. The molecule has 1 aliphatic heterocycles. The summed E-state index contributed by atoms with van der Waals surface area (Å²) in [5, 5.41) is 0. The van der Waals surface area contributed by atoms with E-state index in [-0.39, 0.29) is 5.91 Å². The Morgan fingerprint density at radius 3 is 2.65 bits per heavy atom. The first-order valence-electron chi connectivity index (χ1n) is 11.5. The lowest BCUT2D eigenvalue weighted by molar-refractivity contribution is -0.125. The third kappa shape index (κ3) is 5.26. The van der Waals surface area contributed by atoms with Gasteiger partial charge < -0.3 is 19.5 Å². The van der Waals surface area contributed by atoms with Crippen LogP contribution in [-0.4, -0.2) is 51.9 Å². The molecule has 0 saturated carbocycles. The van der Waals surface area contributed by atoms with Gasteiger partial charge in [0.15, 0.2) is 0 Å². The van der Waals surface area contributed by atoms with Gasteiger partial charge in [-0.15, -0.1) is 0 Å². The summed E-state index contributed by atoms with van der Waals surface area (Å²) < 4.78 is 5.77. The summed E-state index contributed by atoms with van der Waals surface area (Å²) in [6.07, 6.45) is 6.16. The van der Waals surface area contributed by atoms with Gasteiger partial charge in [0.2, 0.25) is 11.9 Å². The second-order valence-electron chi connectivity index (χ2n) is 8.26. The van der Waals surface area contributed by atoms with Crippen molar-refractivity contribution in [2.75, 3.05) is 31.1 Å². The fourth-order valence-corrected chi connectivity index (χ4v) is 4.03. The molecule has 0 unspecified atom stereocenters. The highest BCUT2D eigenvalue weighted by atomic mass is 16.5. The number of hydrogen-bond acceptors (Lipinski definition) is 5. The highest BCUT2D eigenvalue weighted by Gasteiger charge is 2.19. The van der Waals surface area contributed by atoms with Crippen LogP contribution < -0.4 is 9.64 Å². The smallest absolute Gasteiger partial charge is 0.246 e. The maximum atomic E-state index is 12.8. The number of carbonyl (C=O) groups excluding carboxylic acids is 1. The maximum absolute atomic E-state index is 12.8. The van der Waals surface area contributed by atoms with Gasteiger partial charge in [0.25, 0.3) is 0 Å². The number of carbonyl (C=O) groups is 1. The molecule has 0 bridgehead atoms. The summed E-state index contributed by atoms with van der Waals surface area (Å²) >= 11 is 0. The number of hydrogen-bond donors (Lipinski definition) is 1.